The largest absolute Gasteiger partial charge is 0.371 e. The predicted molar refractivity (Wildman–Crippen MR) is 82.1 cm³/mol. The number of hydrogen-bond donors (Lipinski definition) is 1. The van der Waals surface area contributed by atoms with Gasteiger partial charge in [0, 0.05) is 24.1 Å². The highest BCUT2D eigenvalue weighted by Gasteiger charge is 2.24. The minimum atomic E-state index is 0.929. The summed E-state index contributed by atoms with van der Waals surface area (Å²) in [5, 5.41) is 3.36. The second-order valence-electron chi connectivity index (χ2n) is 5.05. The van der Waals surface area contributed by atoms with Gasteiger partial charge in [-0.2, -0.15) is 0 Å². The van der Waals surface area contributed by atoms with Crippen LogP contribution in [0.25, 0.3) is 0 Å². The van der Waals surface area contributed by atoms with Gasteiger partial charge in [-0.25, -0.2) is 0 Å². The Balaban J connectivity index is 2.06. The molecule has 0 amide bonds. The highest BCUT2D eigenvalue weighted by Crippen LogP contribution is 2.34. The number of benzene rings is 1. The summed E-state index contributed by atoms with van der Waals surface area (Å²) in [5.74, 6) is 0.929. The molecule has 3 heteroatoms. The molecular weight excluding hydrogens is 288 g/mol. The minimum absolute atomic E-state index is 0.929. The Kier molecular flexibility index (Phi) is 5.07. The average Bonchev–Trinajstić information content (AvgIpc) is 3.18. The molecule has 1 aromatic carbocycles. The standard InChI is InChI=1S/C15H23BrN2/c1-3-17-10-13-7-8-15(14(16)9-13)18(4-2)11-12-5-6-12/h7-9,12,17H,3-6,10-11H2,1-2H3. The monoisotopic (exact) mass is 310 g/mol. The van der Waals surface area contributed by atoms with Crippen molar-refractivity contribution in [1.29, 1.82) is 0 Å². The van der Waals surface area contributed by atoms with E-state index in [1.807, 2.05) is 0 Å². The van der Waals surface area contributed by atoms with E-state index < -0.39 is 0 Å². The molecule has 0 heterocycles. The second kappa shape index (κ2) is 6.58. The molecule has 1 saturated carbocycles. The lowest BCUT2D eigenvalue weighted by Crippen LogP contribution is -2.25. The maximum absolute atomic E-state index is 3.72. The molecule has 0 aliphatic heterocycles. The van der Waals surface area contributed by atoms with Crippen molar-refractivity contribution in [3.63, 3.8) is 0 Å². The van der Waals surface area contributed by atoms with E-state index in [-0.39, 0.29) is 0 Å². The maximum atomic E-state index is 3.72. The number of anilines is 1. The van der Waals surface area contributed by atoms with E-state index in [4.69, 9.17) is 0 Å². The number of nitrogens with one attached hydrogen (secondary N) is 1. The van der Waals surface area contributed by atoms with Crippen LogP contribution >= 0.6 is 15.9 Å². The number of halogens is 1. The molecule has 0 radical (unpaired) electrons. The van der Waals surface area contributed by atoms with Crippen LogP contribution in [-0.4, -0.2) is 19.6 Å². The molecule has 0 saturated heterocycles. The van der Waals surface area contributed by atoms with Gasteiger partial charge in [-0.1, -0.05) is 13.0 Å². The molecule has 0 aromatic heterocycles. The van der Waals surface area contributed by atoms with E-state index in [0.717, 1.165) is 25.6 Å². The molecule has 2 rings (SSSR count). The van der Waals surface area contributed by atoms with E-state index in [1.54, 1.807) is 0 Å². The zero-order valence-corrected chi connectivity index (χ0v) is 13.0. The zero-order chi connectivity index (χ0) is 13.0. The summed E-state index contributed by atoms with van der Waals surface area (Å²) >= 11 is 3.72. The topological polar surface area (TPSA) is 15.3 Å². The maximum Gasteiger partial charge on any atom is 0.0510 e. The summed E-state index contributed by atoms with van der Waals surface area (Å²) in [4.78, 5) is 2.48. The van der Waals surface area contributed by atoms with E-state index in [0.29, 0.717) is 0 Å². The molecule has 2 nitrogen and oxygen atoms in total. The van der Waals surface area contributed by atoms with Crippen molar-refractivity contribution in [3.8, 4) is 0 Å². The van der Waals surface area contributed by atoms with Gasteiger partial charge in [0.2, 0.25) is 0 Å². The summed E-state index contributed by atoms with van der Waals surface area (Å²) in [7, 11) is 0. The van der Waals surface area contributed by atoms with Crippen molar-refractivity contribution in [3.05, 3.63) is 28.2 Å². The van der Waals surface area contributed by atoms with Crippen molar-refractivity contribution in [1.82, 2.24) is 5.32 Å². The Morgan fingerprint density at radius 2 is 2.11 bits per heavy atom. The third-order valence-electron chi connectivity index (χ3n) is 3.49. The van der Waals surface area contributed by atoms with Gasteiger partial charge in [0.05, 0.1) is 5.69 Å². The Morgan fingerprint density at radius 3 is 2.67 bits per heavy atom. The molecule has 1 aromatic rings. The number of nitrogens with zero attached hydrogens (tertiary/aromatic N) is 1. The molecule has 0 unspecified atom stereocenters. The van der Waals surface area contributed by atoms with Gasteiger partial charge in [0.15, 0.2) is 0 Å². The summed E-state index contributed by atoms with van der Waals surface area (Å²) in [6, 6.07) is 6.73. The van der Waals surface area contributed by atoms with Crippen molar-refractivity contribution >= 4 is 21.6 Å². The van der Waals surface area contributed by atoms with Gasteiger partial charge < -0.3 is 10.2 Å². The first-order valence-corrected chi connectivity index (χ1v) is 7.78. The SMILES string of the molecule is CCNCc1ccc(N(CC)CC2CC2)c(Br)c1. The molecule has 1 aliphatic rings. The number of hydrogen-bond acceptors (Lipinski definition) is 2. The molecule has 0 bridgehead atoms. The Morgan fingerprint density at radius 1 is 1.33 bits per heavy atom. The Labute approximate surface area is 119 Å². The average molecular weight is 311 g/mol. The van der Waals surface area contributed by atoms with Crippen LogP contribution in [0.15, 0.2) is 22.7 Å². The Bertz CT molecular complexity index is 388. The summed E-state index contributed by atoms with van der Waals surface area (Å²) in [6.07, 6.45) is 2.82. The third kappa shape index (κ3) is 3.72. The smallest absolute Gasteiger partial charge is 0.0510 e. The molecule has 1 aliphatic carbocycles. The lowest BCUT2D eigenvalue weighted by molar-refractivity contribution is 0.723. The molecule has 1 fully saturated rings. The first kappa shape index (κ1) is 13.9. The summed E-state index contributed by atoms with van der Waals surface area (Å²) in [6.45, 7) is 8.63. The van der Waals surface area contributed by atoms with E-state index in [1.165, 1.54) is 35.1 Å². The first-order chi connectivity index (χ1) is 8.74. The van der Waals surface area contributed by atoms with Gasteiger partial charge in [0.1, 0.15) is 0 Å². The first-order valence-electron chi connectivity index (χ1n) is 6.98. The molecule has 18 heavy (non-hydrogen) atoms. The predicted octanol–water partition coefficient (Wildman–Crippen LogP) is 3.79. The van der Waals surface area contributed by atoms with Crippen LogP contribution < -0.4 is 10.2 Å². The van der Waals surface area contributed by atoms with Crippen molar-refractivity contribution < 1.29 is 0 Å². The van der Waals surface area contributed by atoms with E-state index >= 15 is 0 Å². The van der Waals surface area contributed by atoms with Crippen molar-refractivity contribution in [2.75, 3.05) is 24.5 Å². The van der Waals surface area contributed by atoms with Gasteiger partial charge >= 0.3 is 0 Å². The summed E-state index contributed by atoms with van der Waals surface area (Å²) < 4.78 is 1.22. The fourth-order valence-corrected chi connectivity index (χ4v) is 2.87. The van der Waals surface area contributed by atoms with Gasteiger partial charge in [-0.3, -0.25) is 0 Å². The van der Waals surface area contributed by atoms with E-state index in [9.17, 15) is 0 Å². The van der Waals surface area contributed by atoms with Crippen LogP contribution in [0.5, 0.6) is 0 Å². The Hall–Kier alpha value is -0.540. The number of rotatable bonds is 7. The molecule has 0 atom stereocenters. The van der Waals surface area contributed by atoms with Crippen LogP contribution in [0.2, 0.25) is 0 Å². The summed E-state index contributed by atoms with van der Waals surface area (Å²) in [5.41, 5.74) is 2.68. The van der Waals surface area contributed by atoms with Gasteiger partial charge in [0.25, 0.3) is 0 Å². The highest BCUT2D eigenvalue weighted by atomic mass is 79.9. The molecular formula is C15H23BrN2. The normalized spacial score (nSPS) is 14.8. The zero-order valence-electron chi connectivity index (χ0n) is 11.4. The van der Waals surface area contributed by atoms with Gasteiger partial charge in [-0.15, -0.1) is 0 Å². The van der Waals surface area contributed by atoms with E-state index in [2.05, 4.69) is 58.2 Å². The molecule has 1 N–H and O–H groups in total. The quantitative estimate of drug-likeness (QED) is 0.824. The van der Waals surface area contributed by atoms with Crippen LogP contribution in [0.4, 0.5) is 5.69 Å². The molecule has 0 spiro atoms. The lowest BCUT2D eigenvalue weighted by atomic mass is 10.2. The van der Waals surface area contributed by atoms with Gasteiger partial charge in [-0.05, 0) is 65.9 Å². The molecule has 100 valence electrons. The van der Waals surface area contributed by atoms with Crippen LogP contribution in [0.3, 0.4) is 0 Å². The van der Waals surface area contributed by atoms with Crippen LogP contribution in [0.1, 0.15) is 32.3 Å². The fraction of sp³-hybridized carbons (Fsp3) is 0.600. The second-order valence-corrected chi connectivity index (χ2v) is 5.90. The van der Waals surface area contributed by atoms with Crippen LogP contribution in [0, 0.1) is 5.92 Å². The third-order valence-corrected chi connectivity index (χ3v) is 4.12. The minimum Gasteiger partial charge on any atom is -0.371 e. The highest BCUT2D eigenvalue weighted by molar-refractivity contribution is 9.10. The van der Waals surface area contributed by atoms with Crippen LogP contribution in [-0.2, 0) is 6.54 Å². The van der Waals surface area contributed by atoms with Crippen molar-refractivity contribution in [2.45, 2.75) is 33.2 Å². The lowest BCUT2D eigenvalue weighted by Gasteiger charge is -2.24. The fourth-order valence-electron chi connectivity index (χ4n) is 2.20. The van der Waals surface area contributed by atoms with Crippen molar-refractivity contribution in [2.24, 2.45) is 5.92 Å².